The molecule has 16 heavy (non-hydrogen) atoms. The molecule has 0 aromatic rings. The minimum atomic E-state index is 0.610. The van der Waals surface area contributed by atoms with Crippen molar-refractivity contribution in [2.45, 2.75) is 77.8 Å². The summed E-state index contributed by atoms with van der Waals surface area (Å²) in [6.45, 7) is 9.72. The van der Waals surface area contributed by atoms with E-state index in [2.05, 4.69) is 35.4 Å². The van der Waals surface area contributed by atoms with Gasteiger partial charge in [0, 0.05) is 0 Å². The Morgan fingerprint density at radius 3 is 2.06 bits per heavy atom. The maximum Gasteiger partial charge on any atom is 0.115 e. The van der Waals surface area contributed by atoms with E-state index in [9.17, 15) is 0 Å². The van der Waals surface area contributed by atoms with E-state index < -0.39 is 0 Å². The smallest absolute Gasteiger partial charge is 0.0895 e. The van der Waals surface area contributed by atoms with Crippen LogP contribution in [0, 0.1) is 11.3 Å². The fourth-order valence-corrected chi connectivity index (χ4v) is 3.18. The fourth-order valence-electron chi connectivity index (χ4n) is 3.18. The van der Waals surface area contributed by atoms with Crippen LogP contribution in [0.15, 0.2) is 0 Å². The van der Waals surface area contributed by atoms with Crippen molar-refractivity contribution in [1.82, 2.24) is 0 Å². The van der Waals surface area contributed by atoms with Gasteiger partial charge in [0.15, 0.2) is 0 Å². The molecule has 0 aromatic carbocycles. The van der Waals surface area contributed by atoms with Crippen molar-refractivity contribution in [3.63, 3.8) is 0 Å². The maximum absolute atomic E-state index is 2.52. The van der Waals surface area contributed by atoms with Gasteiger partial charge < -0.3 is 0 Å². The minimum Gasteiger partial charge on any atom is -0.0895 e. The monoisotopic (exact) mass is 220 g/mol. The summed E-state index contributed by atoms with van der Waals surface area (Å²) in [7, 11) is 3.87. The third kappa shape index (κ3) is 3.57. The number of hydrogen-bond acceptors (Lipinski definition) is 0. The van der Waals surface area contributed by atoms with Crippen LogP contribution in [0.1, 0.15) is 65.7 Å². The molecule has 0 spiro atoms. The van der Waals surface area contributed by atoms with Gasteiger partial charge in [-0.15, -0.1) is 0 Å². The second kappa shape index (κ2) is 5.65. The van der Waals surface area contributed by atoms with Gasteiger partial charge in [-0.25, -0.2) is 0 Å². The molecule has 92 valence electrons. The van der Waals surface area contributed by atoms with Crippen LogP contribution in [0.3, 0.4) is 0 Å². The lowest BCUT2D eigenvalue weighted by Crippen LogP contribution is -2.23. The van der Waals surface area contributed by atoms with Crippen molar-refractivity contribution in [1.29, 1.82) is 0 Å². The van der Waals surface area contributed by atoms with Crippen LogP contribution in [-0.2, 0) is 0 Å². The van der Waals surface area contributed by atoms with Crippen molar-refractivity contribution < 1.29 is 0 Å². The third-order valence-corrected chi connectivity index (χ3v) is 5.55. The molecule has 0 aliphatic heterocycles. The summed E-state index contributed by atoms with van der Waals surface area (Å²) in [5.41, 5.74) is 0.610. The van der Waals surface area contributed by atoms with Crippen LogP contribution < -0.4 is 0 Å². The molecule has 1 fully saturated rings. The Hall–Kier alpha value is 0.130. The first-order valence-electron chi connectivity index (χ1n) is 7.42. The molecule has 0 saturated heterocycles. The van der Waals surface area contributed by atoms with Gasteiger partial charge in [0.25, 0.3) is 0 Å². The van der Waals surface area contributed by atoms with Gasteiger partial charge in [-0.2, -0.15) is 0 Å². The fraction of sp³-hybridized carbons (Fsp3) is 1.00. The van der Waals surface area contributed by atoms with E-state index in [0.29, 0.717) is 10.6 Å². The van der Waals surface area contributed by atoms with E-state index >= 15 is 0 Å². The normalized spacial score (nSPS) is 37.6. The van der Waals surface area contributed by atoms with E-state index in [1.54, 1.807) is 0 Å². The van der Waals surface area contributed by atoms with Gasteiger partial charge in [0.2, 0.25) is 0 Å². The van der Waals surface area contributed by atoms with Crippen LogP contribution in [-0.4, -0.2) is 15.1 Å². The molecule has 1 saturated carbocycles. The van der Waals surface area contributed by atoms with Crippen molar-refractivity contribution in [2.24, 2.45) is 11.3 Å². The van der Waals surface area contributed by atoms with E-state index in [0.717, 1.165) is 5.92 Å². The Morgan fingerprint density at radius 1 is 1.00 bits per heavy atom. The SMILES string of the molecule is BC1(BC)CCCCC(C)(C(C)C)CCC1. The zero-order valence-corrected chi connectivity index (χ0v) is 12.2. The molecule has 0 heterocycles. The maximum atomic E-state index is 2.52. The quantitative estimate of drug-likeness (QED) is 0.623. The van der Waals surface area contributed by atoms with Crippen molar-refractivity contribution in [3.05, 3.63) is 0 Å². The first kappa shape index (κ1) is 14.2. The van der Waals surface area contributed by atoms with Gasteiger partial charge in [-0.05, 0) is 24.2 Å². The Balaban J connectivity index is 2.62. The lowest BCUT2D eigenvalue weighted by molar-refractivity contribution is 0.173. The minimum absolute atomic E-state index is 0.610. The average Bonchev–Trinajstić information content (AvgIpc) is 2.30. The molecule has 0 amide bonds. The van der Waals surface area contributed by atoms with Gasteiger partial charge in [-0.1, -0.05) is 64.9 Å². The highest BCUT2D eigenvalue weighted by Crippen LogP contribution is 2.43. The lowest BCUT2D eigenvalue weighted by Gasteiger charge is -2.34. The standard InChI is InChI=1S/C14H30B2/c1-12(2)13(3)8-5-6-10-14(15,16-4)11-7-9-13/h12,16H,5-11,15H2,1-4H3. The molecule has 1 rings (SSSR count). The molecule has 0 nitrogen and oxygen atoms in total. The predicted octanol–water partition coefficient (Wildman–Crippen LogP) is 3.63. The van der Waals surface area contributed by atoms with Crippen LogP contribution in [0.4, 0.5) is 0 Å². The molecule has 0 radical (unpaired) electrons. The Bertz CT molecular complexity index is 215. The molecule has 0 N–H and O–H groups in total. The molecule has 1 aliphatic carbocycles. The zero-order chi connectivity index (χ0) is 12.2. The topological polar surface area (TPSA) is 0 Å². The summed E-state index contributed by atoms with van der Waals surface area (Å²) in [6.07, 6.45) is 10.1. The highest BCUT2D eigenvalue weighted by atomic mass is 14.3. The molecule has 1 aliphatic rings. The summed E-state index contributed by atoms with van der Waals surface area (Å²) >= 11 is 0. The molecule has 2 atom stereocenters. The Labute approximate surface area is 105 Å². The highest BCUT2D eigenvalue weighted by molar-refractivity contribution is 6.52. The van der Waals surface area contributed by atoms with Crippen molar-refractivity contribution in [3.8, 4) is 0 Å². The zero-order valence-electron chi connectivity index (χ0n) is 12.2. The van der Waals surface area contributed by atoms with Crippen LogP contribution in [0.5, 0.6) is 0 Å². The summed E-state index contributed by atoms with van der Waals surface area (Å²) in [5, 5.41) is 0.641. The van der Waals surface area contributed by atoms with Gasteiger partial charge >= 0.3 is 0 Å². The van der Waals surface area contributed by atoms with Gasteiger partial charge in [0.05, 0.1) is 7.85 Å². The number of hydrogen-bond donors (Lipinski definition) is 0. The molecular weight excluding hydrogens is 190 g/mol. The van der Waals surface area contributed by atoms with Gasteiger partial charge in [0.1, 0.15) is 7.28 Å². The predicted molar refractivity (Wildman–Crippen MR) is 79.5 cm³/mol. The molecular formula is C14H30B2. The lowest BCUT2D eigenvalue weighted by atomic mass is 9.40. The van der Waals surface area contributed by atoms with E-state index in [1.165, 1.54) is 52.2 Å². The Morgan fingerprint density at radius 2 is 1.50 bits per heavy atom. The highest BCUT2D eigenvalue weighted by Gasteiger charge is 2.31. The summed E-state index contributed by atoms with van der Waals surface area (Å²) < 4.78 is 0. The molecule has 2 heteroatoms. The summed E-state index contributed by atoms with van der Waals surface area (Å²) in [4.78, 5) is 0. The largest absolute Gasteiger partial charge is 0.115 e. The van der Waals surface area contributed by atoms with Crippen LogP contribution >= 0.6 is 0 Å². The van der Waals surface area contributed by atoms with E-state index in [-0.39, 0.29) is 0 Å². The average molecular weight is 220 g/mol. The van der Waals surface area contributed by atoms with E-state index in [1.807, 2.05) is 0 Å². The molecule has 0 aromatic heterocycles. The Kier molecular flexibility index (Phi) is 5.01. The number of rotatable bonds is 2. The van der Waals surface area contributed by atoms with Crippen molar-refractivity contribution >= 4 is 15.1 Å². The first-order chi connectivity index (χ1) is 7.42. The second-order valence-electron chi connectivity index (χ2n) is 7.03. The summed E-state index contributed by atoms with van der Waals surface area (Å²) in [5.74, 6) is 0.846. The second-order valence-corrected chi connectivity index (χ2v) is 7.03. The summed E-state index contributed by atoms with van der Waals surface area (Å²) in [6, 6.07) is 0. The van der Waals surface area contributed by atoms with E-state index in [4.69, 9.17) is 0 Å². The van der Waals surface area contributed by atoms with Crippen LogP contribution in [0.25, 0.3) is 0 Å². The molecule has 0 bridgehead atoms. The third-order valence-electron chi connectivity index (χ3n) is 5.55. The first-order valence-corrected chi connectivity index (χ1v) is 7.42. The van der Waals surface area contributed by atoms with Crippen LogP contribution in [0.2, 0.25) is 12.0 Å². The molecule has 2 unspecified atom stereocenters. The van der Waals surface area contributed by atoms with Gasteiger partial charge in [-0.3, -0.25) is 0 Å². The van der Waals surface area contributed by atoms with Crippen molar-refractivity contribution in [2.75, 3.05) is 0 Å².